The van der Waals surface area contributed by atoms with Gasteiger partial charge in [0, 0.05) is 25.7 Å². The van der Waals surface area contributed by atoms with Crippen LogP contribution >= 0.6 is 0 Å². The molecule has 2 aliphatic rings. The molecule has 1 N–H and O–H groups in total. The lowest BCUT2D eigenvalue weighted by molar-refractivity contribution is -0.140. The molecule has 1 amide bonds. The van der Waals surface area contributed by atoms with E-state index in [0.29, 0.717) is 12.6 Å². The zero-order valence-corrected chi connectivity index (χ0v) is 16.9. The third kappa shape index (κ3) is 6.04. The van der Waals surface area contributed by atoms with Crippen molar-refractivity contribution in [3.8, 4) is 0 Å². The van der Waals surface area contributed by atoms with Crippen molar-refractivity contribution in [2.24, 2.45) is 5.92 Å². The van der Waals surface area contributed by atoms with E-state index in [1.807, 2.05) is 0 Å². The Morgan fingerprint density at radius 3 is 2.57 bits per heavy atom. The summed E-state index contributed by atoms with van der Waals surface area (Å²) in [5.41, 5.74) is 1.38. The maximum absolute atomic E-state index is 12.5. The van der Waals surface area contributed by atoms with E-state index in [0.717, 1.165) is 45.6 Å². The molecule has 0 aliphatic carbocycles. The van der Waals surface area contributed by atoms with Gasteiger partial charge in [-0.15, -0.1) is 0 Å². The van der Waals surface area contributed by atoms with Crippen LogP contribution in [0, 0.1) is 5.92 Å². The van der Waals surface area contributed by atoms with E-state index >= 15 is 0 Å². The minimum Gasteiger partial charge on any atom is -0.469 e. The number of likely N-dealkylation sites (tertiary alicyclic amines) is 2. The first-order chi connectivity index (χ1) is 13.7. The van der Waals surface area contributed by atoms with Crippen LogP contribution in [-0.4, -0.2) is 67.6 Å². The first kappa shape index (κ1) is 20.8. The highest BCUT2D eigenvalue weighted by atomic mass is 16.5. The topological polar surface area (TPSA) is 61.9 Å². The molecule has 0 saturated carbocycles. The molecule has 0 aromatic heterocycles. The maximum atomic E-state index is 12.5. The van der Waals surface area contributed by atoms with Crippen molar-refractivity contribution in [2.45, 2.75) is 44.7 Å². The summed E-state index contributed by atoms with van der Waals surface area (Å²) in [6, 6.07) is 11.2. The van der Waals surface area contributed by atoms with E-state index in [-0.39, 0.29) is 24.2 Å². The lowest BCUT2D eigenvalue weighted by Crippen LogP contribution is -2.50. The number of esters is 1. The van der Waals surface area contributed by atoms with Crippen molar-refractivity contribution >= 4 is 11.9 Å². The molecule has 0 radical (unpaired) electrons. The molecule has 28 heavy (non-hydrogen) atoms. The Morgan fingerprint density at radius 2 is 1.86 bits per heavy atom. The number of benzene rings is 1. The molecule has 1 atom stereocenters. The fraction of sp³-hybridized carbons (Fsp3) is 0.636. The van der Waals surface area contributed by atoms with Gasteiger partial charge in [0.2, 0.25) is 5.91 Å². The fourth-order valence-corrected chi connectivity index (χ4v) is 4.37. The van der Waals surface area contributed by atoms with Crippen molar-refractivity contribution < 1.29 is 14.3 Å². The molecular formula is C22H33N3O3. The second-order valence-corrected chi connectivity index (χ2v) is 7.94. The minimum absolute atomic E-state index is 0.0359. The maximum Gasteiger partial charge on any atom is 0.307 e. The molecule has 6 heteroatoms. The molecule has 1 aromatic carbocycles. The monoisotopic (exact) mass is 387 g/mol. The molecule has 0 spiro atoms. The summed E-state index contributed by atoms with van der Waals surface area (Å²) < 4.78 is 4.62. The molecule has 2 fully saturated rings. The molecule has 2 heterocycles. The van der Waals surface area contributed by atoms with Crippen LogP contribution in [-0.2, 0) is 20.9 Å². The summed E-state index contributed by atoms with van der Waals surface area (Å²) >= 11 is 0. The summed E-state index contributed by atoms with van der Waals surface area (Å²) in [6.45, 7) is 5.56. The number of ether oxygens (including phenoxy) is 1. The number of carbonyl (C=O) groups is 2. The van der Waals surface area contributed by atoms with Gasteiger partial charge in [0.05, 0.1) is 19.4 Å². The highest BCUT2D eigenvalue weighted by molar-refractivity contribution is 5.79. The molecule has 0 bridgehead atoms. The number of hydrogen-bond acceptors (Lipinski definition) is 5. The predicted octanol–water partition coefficient (Wildman–Crippen LogP) is 2.04. The summed E-state index contributed by atoms with van der Waals surface area (Å²) in [6.07, 6.45) is 4.58. The Kier molecular flexibility index (Phi) is 7.86. The largest absolute Gasteiger partial charge is 0.469 e. The third-order valence-electron chi connectivity index (χ3n) is 6.00. The summed E-state index contributed by atoms with van der Waals surface area (Å²) in [5.74, 6) is -0.170. The van der Waals surface area contributed by atoms with Gasteiger partial charge in [0.1, 0.15) is 0 Å². The Morgan fingerprint density at radius 1 is 1.11 bits per heavy atom. The molecule has 6 nitrogen and oxygen atoms in total. The zero-order chi connectivity index (χ0) is 19.8. The van der Waals surface area contributed by atoms with E-state index < -0.39 is 0 Å². The number of nitrogens with one attached hydrogen (secondary N) is 1. The van der Waals surface area contributed by atoms with Gasteiger partial charge in [-0.25, -0.2) is 0 Å². The number of amides is 1. The average molecular weight is 388 g/mol. The molecule has 3 rings (SSSR count). The van der Waals surface area contributed by atoms with Gasteiger partial charge in [0.25, 0.3) is 0 Å². The van der Waals surface area contributed by atoms with Crippen LogP contribution in [0.2, 0.25) is 0 Å². The quantitative estimate of drug-likeness (QED) is 0.726. The van der Waals surface area contributed by atoms with Gasteiger partial charge in [-0.05, 0) is 50.9 Å². The van der Waals surface area contributed by atoms with Crippen LogP contribution < -0.4 is 5.32 Å². The molecule has 1 aromatic rings. The SMILES string of the molecule is COC(=O)CCNC(=O)[C@H]1CCCN(C2CCN(Cc3ccccc3)CC2)C1. The van der Waals surface area contributed by atoms with E-state index in [2.05, 4.69) is 50.2 Å². The highest BCUT2D eigenvalue weighted by Crippen LogP contribution is 2.24. The van der Waals surface area contributed by atoms with Crippen molar-refractivity contribution in [1.29, 1.82) is 0 Å². The van der Waals surface area contributed by atoms with Crippen LogP contribution in [0.15, 0.2) is 30.3 Å². The van der Waals surface area contributed by atoms with Crippen molar-refractivity contribution in [3.05, 3.63) is 35.9 Å². The van der Waals surface area contributed by atoms with Gasteiger partial charge in [0.15, 0.2) is 0 Å². The normalized spacial score (nSPS) is 22.0. The Labute approximate surface area is 168 Å². The van der Waals surface area contributed by atoms with Gasteiger partial charge in [-0.2, -0.15) is 0 Å². The Balaban J connectivity index is 1.41. The number of methoxy groups -OCH3 is 1. The molecule has 2 aliphatic heterocycles. The average Bonchev–Trinajstić information content (AvgIpc) is 2.75. The van der Waals surface area contributed by atoms with Crippen molar-refractivity contribution in [1.82, 2.24) is 15.1 Å². The van der Waals surface area contributed by atoms with Crippen LogP contribution in [0.4, 0.5) is 0 Å². The Bertz CT molecular complexity index is 629. The van der Waals surface area contributed by atoms with Crippen molar-refractivity contribution in [2.75, 3.05) is 39.8 Å². The van der Waals surface area contributed by atoms with Crippen LogP contribution in [0.3, 0.4) is 0 Å². The number of piperidine rings is 2. The van der Waals surface area contributed by atoms with Crippen molar-refractivity contribution in [3.63, 3.8) is 0 Å². The number of rotatable bonds is 7. The minimum atomic E-state index is -0.284. The molecule has 0 unspecified atom stereocenters. The molecule has 154 valence electrons. The van der Waals surface area contributed by atoms with Gasteiger partial charge >= 0.3 is 5.97 Å². The lowest BCUT2D eigenvalue weighted by atomic mass is 9.93. The smallest absolute Gasteiger partial charge is 0.307 e. The fourth-order valence-electron chi connectivity index (χ4n) is 4.37. The van der Waals surface area contributed by atoms with Crippen LogP contribution in [0.5, 0.6) is 0 Å². The van der Waals surface area contributed by atoms with Crippen LogP contribution in [0.25, 0.3) is 0 Å². The van der Waals surface area contributed by atoms with Gasteiger partial charge in [-0.3, -0.25) is 19.4 Å². The Hall–Kier alpha value is -1.92. The number of carbonyl (C=O) groups excluding carboxylic acids is 2. The lowest BCUT2D eigenvalue weighted by Gasteiger charge is -2.42. The zero-order valence-electron chi connectivity index (χ0n) is 16.9. The number of hydrogen-bond donors (Lipinski definition) is 1. The summed E-state index contributed by atoms with van der Waals surface area (Å²) in [5, 5.41) is 2.90. The standard InChI is InChI=1S/C22H33N3O3/c1-28-21(26)9-12-23-22(27)19-8-5-13-25(17-19)20-10-14-24(15-11-20)16-18-6-3-2-4-7-18/h2-4,6-7,19-20H,5,8-17H2,1H3,(H,23,27)/t19-/m0/s1. The van der Waals surface area contributed by atoms with E-state index in [1.165, 1.54) is 25.5 Å². The van der Waals surface area contributed by atoms with Gasteiger partial charge in [-0.1, -0.05) is 30.3 Å². The highest BCUT2D eigenvalue weighted by Gasteiger charge is 2.31. The first-order valence-electron chi connectivity index (χ1n) is 10.5. The van der Waals surface area contributed by atoms with E-state index in [1.54, 1.807) is 0 Å². The number of nitrogens with zero attached hydrogens (tertiary/aromatic N) is 2. The first-order valence-corrected chi connectivity index (χ1v) is 10.5. The van der Waals surface area contributed by atoms with Crippen LogP contribution in [0.1, 0.15) is 37.7 Å². The summed E-state index contributed by atoms with van der Waals surface area (Å²) in [4.78, 5) is 28.7. The van der Waals surface area contributed by atoms with E-state index in [4.69, 9.17) is 0 Å². The molecule has 2 saturated heterocycles. The third-order valence-corrected chi connectivity index (χ3v) is 6.00. The van der Waals surface area contributed by atoms with E-state index in [9.17, 15) is 9.59 Å². The summed E-state index contributed by atoms with van der Waals surface area (Å²) in [7, 11) is 1.37. The predicted molar refractivity (Wildman–Crippen MR) is 109 cm³/mol. The van der Waals surface area contributed by atoms with Gasteiger partial charge < -0.3 is 10.1 Å². The second-order valence-electron chi connectivity index (χ2n) is 7.94. The second kappa shape index (κ2) is 10.6. The molecular weight excluding hydrogens is 354 g/mol.